The summed E-state index contributed by atoms with van der Waals surface area (Å²) in [6, 6.07) is 4.24. The predicted octanol–water partition coefficient (Wildman–Crippen LogP) is 2.54. The largest absolute Gasteiger partial charge is 0.325 e. The number of urea groups is 1. The van der Waals surface area contributed by atoms with Gasteiger partial charge in [-0.25, -0.2) is 9.18 Å². The normalized spacial score (nSPS) is 14.9. The van der Waals surface area contributed by atoms with Crippen molar-refractivity contribution in [2.24, 2.45) is 5.73 Å². The van der Waals surface area contributed by atoms with Gasteiger partial charge in [-0.15, -0.1) is 0 Å². The second-order valence-electron chi connectivity index (χ2n) is 5.03. The number of benzene rings is 1. The first-order valence-corrected chi connectivity index (χ1v) is 7.25. The fourth-order valence-corrected chi connectivity index (χ4v) is 2.32. The Morgan fingerprint density at radius 3 is 2.67 bits per heavy atom. The molecule has 2 rings (SSSR count). The number of hydrogen-bond donors (Lipinski definition) is 2. The van der Waals surface area contributed by atoms with Crippen molar-refractivity contribution >= 4 is 11.7 Å². The summed E-state index contributed by atoms with van der Waals surface area (Å²) >= 11 is 0. The summed E-state index contributed by atoms with van der Waals surface area (Å²) in [7, 11) is 0. The van der Waals surface area contributed by atoms with Crippen LogP contribution in [0.15, 0.2) is 18.2 Å². The Bertz CT molecular complexity index is 554. The summed E-state index contributed by atoms with van der Waals surface area (Å²) in [4.78, 5) is 14.0. The number of likely N-dealkylation sites (tertiary alicyclic amines) is 1. The number of anilines is 1. The monoisotopic (exact) mass is 289 g/mol. The maximum absolute atomic E-state index is 13.6. The highest BCUT2D eigenvalue weighted by Crippen LogP contribution is 2.16. The van der Waals surface area contributed by atoms with E-state index in [1.807, 2.05) is 4.90 Å². The lowest BCUT2D eigenvalue weighted by atomic mass is 10.2. The topological polar surface area (TPSA) is 58.4 Å². The summed E-state index contributed by atoms with van der Waals surface area (Å²) in [5.41, 5.74) is 6.08. The van der Waals surface area contributed by atoms with E-state index >= 15 is 0 Å². The molecule has 0 aromatic heterocycles. The van der Waals surface area contributed by atoms with E-state index in [0.717, 1.165) is 25.9 Å². The van der Waals surface area contributed by atoms with Crippen molar-refractivity contribution in [1.29, 1.82) is 0 Å². The van der Waals surface area contributed by atoms with E-state index < -0.39 is 5.82 Å². The van der Waals surface area contributed by atoms with Crippen LogP contribution in [0.1, 0.15) is 31.2 Å². The van der Waals surface area contributed by atoms with Crippen LogP contribution in [0.25, 0.3) is 0 Å². The lowest BCUT2D eigenvalue weighted by Crippen LogP contribution is -2.35. The van der Waals surface area contributed by atoms with Gasteiger partial charge >= 0.3 is 6.03 Å². The molecule has 1 saturated heterocycles. The Hall–Kier alpha value is -2.06. The molecular formula is C16H20FN3O. The Balaban J connectivity index is 2.06. The number of hydrogen-bond acceptors (Lipinski definition) is 2. The van der Waals surface area contributed by atoms with E-state index in [0.29, 0.717) is 5.69 Å². The van der Waals surface area contributed by atoms with Crippen molar-refractivity contribution < 1.29 is 9.18 Å². The molecule has 1 aliphatic rings. The molecule has 3 N–H and O–H groups in total. The molecule has 21 heavy (non-hydrogen) atoms. The van der Waals surface area contributed by atoms with Crippen molar-refractivity contribution in [3.8, 4) is 11.8 Å². The van der Waals surface area contributed by atoms with Crippen molar-refractivity contribution in [2.45, 2.75) is 25.7 Å². The highest BCUT2D eigenvalue weighted by atomic mass is 19.1. The van der Waals surface area contributed by atoms with Crippen LogP contribution >= 0.6 is 0 Å². The molecule has 0 atom stereocenters. The van der Waals surface area contributed by atoms with Crippen LogP contribution < -0.4 is 11.1 Å². The fourth-order valence-electron chi connectivity index (χ4n) is 2.32. The van der Waals surface area contributed by atoms with Crippen LogP contribution in [0.4, 0.5) is 14.9 Å². The highest BCUT2D eigenvalue weighted by molar-refractivity contribution is 5.89. The molecule has 5 heteroatoms. The first-order valence-electron chi connectivity index (χ1n) is 7.25. The van der Waals surface area contributed by atoms with Crippen LogP contribution in [0.2, 0.25) is 0 Å². The van der Waals surface area contributed by atoms with Crippen LogP contribution in [0.5, 0.6) is 0 Å². The number of carbonyl (C=O) groups excluding carboxylic acids is 1. The van der Waals surface area contributed by atoms with Gasteiger partial charge in [-0.1, -0.05) is 24.7 Å². The van der Waals surface area contributed by atoms with Crippen LogP contribution in [-0.4, -0.2) is 30.6 Å². The molecule has 0 bridgehead atoms. The zero-order chi connectivity index (χ0) is 15.1. The number of nitrogens with one attached hydrogen (secondary N) is 1. The van der Waals surface area contributed by atoms with Gasteiger partial charge < -0.3 is 16.0 Å². The van der Waals surface area contributed by atoms with Crippen LogP contribution in [-0.2, 0) is 0 Å². The number of halogens is 1. The molecule has 0 aliphatic carbocycles. The van der Waals surface area contributed by atoms with E-state index in [2.05, 4.69) is 17.2 Å². The Labute approximate surface area is 124 Å². The summed E-state index contributed by atoms with van der Waals surface area (Å²) in [5.74, 6) is 4.86. The minimum atomic E-state index is -0.413. The van der Waals surface area contributed by atoms with Gasteiger partial charge in [0.25, 0.3) is 0 Å². The van der Waals surface area contributed by atoms with Crippen molar-refractivity contribution in [3.63, 3.8) is 0 Å². The number of amides is 2. The van der Waals surface area contributed by atoms with Gasteiger partial charge in [0.2, 0.25) is 0 Å². The van der Waals surface area contributed by atoms with E-state index in [9.17, 15) is 9.18 Å². The van der Waals surface area contributed by atoms with Crippen LogP contribution in [0, 0.1) is 17.7 Å². The third-order valence-corrected chi connectivity index (χ3v) is 3.44. The van der Waals surface area contributed by atoms with E-state index in [-0.39, 0.29) is 18.1 Å². The highest BCUT2D eigenvalue weighted by Gasteiger charge is 2.15. The van der Waals surface area contributed by atoms with Crippen LogP contribution in [0.3, 0.4) is 0 Å². The minimum absolute atomic E-state index is 0.138. The maximum atomic E-state index is 13.6. The molecule has 1 aliphatic heterocycles. The fraction of sp³-hybridized carbons (Fsp3) is 0.438. The van der Waals surface area contributed by atoms with Gasteiger partial charge in [0.1, 0.15) is 5.82 Å². The summed E-state index contributed by atoms with van der Waals surface area (Å²) in [6.45, 7) is 1.71. The molecule has 1 aromatic carbocycles. The third-order valence-electron chi connectivity index (χ3n) is 3.44. The minimum Gasteiger partial charge on any atom is -0.325 e. The summed E-state index contributed by atoms with van der Waals surface area (Å²) in [6.07, 6.45) is 4.40. The van der Waals surface area contributed by atoms with Gasteiger partial charge in [0.05, 0.1) is 12.1 Å². The van der Waals surface area contributed by atoms with E-state index in [4.69, 9.17) is 5.73 Å². The Morgan fingerprint density at radius 2 is 2.00 bits per heavy atom. The predicted molar refractivity (Wildman–Crippen MR) is 81.4 cm³/mol. The summed E-state index contributed by atoms with van der Waals surface area (Å²) < 4.78 is 13.6. The smallest absolute Gasteiger partial charge is 0.321 e. The zero-order valence-corrected chi connectivity index (χ0v) is 12.0. The number of carbonyl (C=O) groups is 1. The van der Waals surface area contributed by atoms with Crippen molar-refractivity contribution in [1.82, 2.24) is 4.90 Å². The molecule has 0 unspecified atom stereocenters. The van der Waals surface area contributed by atoms with Gasteiger partial charge in [-0.2, -0.15) is 0 Å². The molecule has 112 valence electrons. The average Bonchev–Trinajstić information content (AvgIpc) is 2.77. The molecule has 1 aromatic rings. The van der Waals surface area contributed by atoms with Gasteiger partial charge in [-0.3, -0.25) is 0 Å². The lowest BCUT2D eigenvalue weighted by molar-refractivity contribution is 0.214. The number of nitrogens with two attached hydrogens (primary N) is 1. The maximum Gasteiger partial charge on any atom is 0.321 e. The average molecular weight is 289 g/mol. The molecule has 1 fully saturated rings. The standard InChI is InChI=1S/C16H20FN3O/c17-15-8-7-14(12-13(15)6-5-9-18)19-16(21)20-10-3-1-2-4-11-20/h7-8,12H,1-4,9-11,18H2,(H,19,21). The molecule has 0 spiro atoms. The van der Waals surface area contributed by atoms with Gasteiger partial charge in [0, 0.05) is 18.8 Å². The molecule has 4 nitrogen and oxygen atoms in total. The van der Waals surface area contributed by atoms with E-state index in [1.54, 1.807) is 6.07 Å². The summed E-state index contributed by atoms with van der Waals surface area (Å²) in [5, 5.41) is 2.80. The zero-order valence-electron chi connectivity index (χ0n) is 12.0. The Morgan fingerprint density at radius 1 is 1.29 bits per heavy atom. The number of rotatable bonds is 1. The molecular weight excluding hydrogens is 269 g/mol. The molecule has 2 amide bonds. The van der Waals surface area contributed by atoms with Gasteiger partial charge in [-0.05, 0) is 31.0 Å². The second kappa shape index (κ2) is 7.65. The lowest BCUT2D eigenvalue weighted by Gasteiger charge is -2.20. The third kappa shape index (κ3) is 4.47. The first kappa shape index (κ1) is 15.3. The van der Waals surface area contributed by atoms with Gasteiger partial charge in [0.15, 0.2) is 0 Å². The number of nitrogens with zero attached hydrogens (tertiary/aromatic N) is 1. The van der Waals surface area contributed by atoms with Crippen molar-refractivity contribution in [3.05, 3.63) is 29.6 Å². The molecule has 0 saturated carbocycles. The Kier molecular flexibility index (Phi) is 5.59. The second-order valence-corrected chi connectivity index (χ2v) is 5.03. The first-order chi connectivity index (χ1) is 10.2. The van der Waals surface area contributed by atoms with E-state index in [1.165, 1.54) is 25.0 Å². The SMILES string of the molecule is NCC#Cc1cc(NC(=O)N2CCCCCC2)ccc1F. The quantitative estimate of drug-likeness (QED) is 0.781. The van der Waals surface area contributed by atoms with Crippen molar-refractivity contribution in [2.75, 3.05) is 25.0 Å². The molecule has 0 radical (unpaired) electrons. The molecule has 1 heterocycles.